The molecule has 0 amide bonds. The molecule has 0 saturated heterocycles. The van der Waals surface area contributed by atoms with Gasteiger partial charge in [-0.2, -0.15) is 24.3 Å². The standard InChI is InChI=1S/2C5H4F.Ti/c2*6-5-3-1-2-4-5;/h2*1-4H;/q2*-1;+2. The van der Waals surface area contributed by atoms with Crippen molar-refractivity contribution >= 4 is 0 Å². The van der Waals surface area contributed by atoms with Crippen LogP contribution in [0.4, 0.5) is 8.78 Å². The molecule has 0 aromatic heterocycles. The van der Waals surface area contributed by atoms with Gasteiger partial charge in [0.15, 0.2) is 0 Å². The summed E-state index contributed by atoms with van der Waals surface area (Å²) in [6.45, 7) is 0. The minimum Gasteiger partial charge on any atom is -0.237 e. The first-order valence-corrected chi connectivity index (χ1v) is 3.53. The summed E-state index contributed by atoms with van der Waals surface area (Å²) in [4.78, 5) is 0. The van der Waals surface area contributed by atoms with E-state index in [2.05, 4.69) is 0 Å². The van der Waals surface area contributed by atoms with Crippen molar-refractivity contribution in [2.45, 2.75) is 0 Å². The Kier molecular flexibility index (Phi) is 6.38. The molecule has 0 aliphatic rings. The minimum atomic E-state index is -0.157. The Morgan fingerprint density at radius 3 is 1.31 bits per heavy atom. The van der Waals surface area contributed by atoms with E-state index >= 15 is 0 Å². The van der Waals surface area contributed by atoms with Crippen LogP contribution in [0.5, 0.6) is 0 Å². The van der Waals surface area contributed by atoms with Gasteiger partial charge in [-0.3, -0.25) is 0 Å². The van der Waals surface area contributed by atoms with Gasteiger partial charge >= 0.3 is 21.7 Å². The zero-order valence-corrected chi connectivity index (χ0v) is 8.44. The van der Waals surface area contributed by atoms with E-state index in [1.54, 1.807) is 24.3 Å². The maximum absolute atomic E-state index is 11.7. The zero-order valence-electron chi connectivity index (χ0n) is 6.87. The van der Waals surface area contributed by atoms with Gasteiger partial charge in [-0.05, 0) is 0 Å². The van der Waals surface area contributed by atoms with Gasteiger partial charge in [-0.15, -0.1) is 12.1 Å². The summed E-state index contributed by atoms with van der Waals surface area (Å²) in [6, 6.07) is 12.3. The molecule has 0 saturated carbocycles. The number of hydrogen-bond donors (Lipinski definition) is 0. The van der Waals surface area contributed by atoms with Crippen molar-refractivity contribution in [2.75, 3.05) is 0 Å². The van der Waals surface area contributed by atoms with Gasteiger partial charge in [-0.1, -0.05) is 0 Å². The first-order valence-electron chi connectivity index (χ1n) is 3.53. The van der Waals surface area contributed by atoms with Crippen molar-refractivity contribution in [1.82, 2.24) is 0 Å². The summed E-state index contributed by atoms with van der Waals surface area (Å²) in [5, 5.41) is 0. The second-order valence-electron chi connectivity index (χ2n) is 2.21. The first-order chi connectivity index (χ1) is 5.79. The molecular formula is C10H8F2Ti. The Morgan fingerprint density at radius 1 is 0.846 bits per heavy atom. The van der Waals surface area contributed by atoms with Crippen LogP contribution in [-0.4, -0.2) is 0 Å². The quantitative estimate of drug-likeness (QED) is 0.467. The van der Waals surface area contributed by atoms with E-state index in [0.717, 1.165) is 0 Å². The van der Waals surface area contributed by atoms with Crippen molar-refractivity contribution in [3.05, 3.63) is 60.2 Å². The van der Waals surface area contributed by atoms with Crippen LogP contribution in [0.1, 0.15) is 0 Å². The Morgan fingerprint density at radius 2 is 1.23 bits per heavy atom. The van der Waals surface area contributed by atoms with Crippen molar-refractivity contribution in [1.29, 1.82) is 0 Å². The molecule has 0 bridgehead atoms. The first kappa shape index (κ1) is 12.3. The molecule has 0 aliphatic carbocycles. The van der Waals surface area contributed by atoms with Crippen molar-refractivity contribution in [2.24, 2.45) is 0 Å². The SMILES string of the molecule is Fc1ccc[cH-]1.Fc1ccc[cH-]1.[Ti+2]. The van der Waals surface area contributed by atoms with Gasteiger partial charge in [0.2, 0.25) is 0 Å². The van der Waals surface area contributed by atoms with Crippen LogP contribution in [0, 0.1) is 11.6 Å². The molecule has 2 rings (SSSR count). The predicted molar refractivity (Wildman–Crippen MR) is 44.0 cm³/mol. The monoisotopic (exact) mass is 214 g/mol. The van der Waals surface area contributed by atoms with E-state index in [1.807, 2.05) is 0 Å². The summed E-state index contributed by atoms with van der Waals surface area (Å²) < 4.78 is 23.3. The zero-order chi connectivity index (χ0) is 8.81. The van der Waals surface area contributed by atoms with Gasteiger partial charge in [0.25, 0.3) is 0 Å². The molecule has 0 unspecified atom stereocenters. The molecule has 2 aromatic rings. The molecule has 0 N–H and O–H groups in total. The molecule has 0 atom stereocenters. The van der Waals surface area contributed by atoms with Crippen LogP contribution in [0.2, 0.25) is 0 Å². The largest absolute Gasteiger partial charge is 2.00 e. The van der Waals surface area contributed by atoms with E-state index in [1.165, 1.54) is 24.3 Å². The van der Waals surface area contributed by atoms with Crippen LogP contribution in [0.15, 0.2) is 48.5 Å². The van der Waals surface area contributed by atoms with Crippen molar-refractivity contribution < 1.29 is 30.5 Å². The van der Waals surface area contributed by atoms with E-state index in [4.69, 9.17) is 0 Å². The summed E-state index contributed by atoms with van der Waals surface area (Å²) in [6.07, 6.45) is 0. The molecule has 0 heterocycles. The molecule has 2 aromatic carbocycles. The van der Waals surface area contributed by atoms with Gasteiger partial charge in [-0.25, -0.2) is 20.9 Å². The summed E-state index contributed by atoms with van der Waals surface area (Å²) >= 11 is 0. The average molecular weight is 214 g/mol. The van der Waals surface area contributed by atoms with Crippen molar-refractivity contribution in [3.63, 3.8) is 0 Å². The maximum atomic E-state index is 11.7. The van der Waals surface area contributed by atoms with Gasteiger partial charge in [0.05, 0.1) is 0 Å². The molecular weight excluding hydrogens is 206 g/mol. The molecule has 13 heavy (non-hydrogen) atoms. The van der Waals surface area contributed by atoms with E-state index in [0.29, 0.717) is 0 Å². The van der Waals surface area contributed by atoms with Crippen LogP contribution < -0.4 is 0 Å². The Labute approximate surface area is 90.8 Å². The Hall–Kier alpha value is -0.726. The summed E-state index contributed by atoms with van der Waals surface area (Å²) in [5.74, 6) is -0.315. The van der Waals surface area contributed by atoms with Crippen LogP contribution in [0.25, 0.3) is 0 Å². The fraction of sp³-hybridized carbons (Fsp3) is 0. The predicted octanol–water partition coefficient (Wildman–Crippen LogP) is 3.09. The normalized spacial score (nSPS) is 8.15. The van der Waals surface area contributed by atoms with Crippen LogP contribution in [-0.2, 0) is 21.7 Å². The molecule has 0 aliphatic heterocycles. The minimum absolute atomic E-state index is 0. The number of hydrogen-bond acceptors (Lipinski definition) is 0. The second-order valence-corrected chi connectivity index (χ2v) is 2.21. The average Bonchev–Trinajstić information content (AvgIpc) is 2.63. The van der Waals surface area contributed by atoms with Gasteiger partial charge < -0.3 is 0 Å². The molecule has 0 fully saturated rings. The van der Waals surface area contributed by atoms with Gasteiger partial charge in [0, 0.05) is 11.6 Å². The topological polar surface area (TPSA) is 0 Å². The van der Waals surface area contributed by atoms with E-state index in [9.17, 15) is 8.78 Å². The second kappa shape index (κ2) is 6.75. The van der Waals surface area contributed by atoms with Crippen molar-refractivity contribution in [3.8, 4) is 0 Å². The Balaban J connectivity index is 0.000000206. The smallest absolute Gasteiger partial charge is 0.237 e. The molecule has 0 spiro atoms. The van der Waals surface area contributed by atoms with E-state index in [-0.39, 0.29) is 33.4 Å². The molecule has 0 radical (unpaired) electrons. The molecule has 0 nitrogen and oxygen atoms in total. The van der Waals surface area contributed by atoms with Crippen LogP contribution >= 0.6 is 0 Å². The maximum Gasteiger partial charge on any atom is 2.00 e. The third-order valence-electron chi connectivity index (χ3n) is 1.24. The molecule has 66 valence electrons. The number of halogens is 2. The fourth-order valence-corrected chi connectivity index (χ4v) is 0.701. The summed E-state index contributed by atoms with van der Waals surface area (Å²) in [5.41, 5.74) is 0. The van der Waals surface area contributed by atoms with E-state index < -0.39 is 0 Å². The molecule has 3 heteroatoms. The number of rotatable bonds is 0. The fourth-order valence-electron chi connectivity index (χ4n) is 0.701. The van der Waals surface area contributed by atoms with Crippen LogP contribution in [0.3, 0.4) is 0 Å². The summed E-state index contributed by atoms with van der Waals surface area (Å²) in [7, 11) is 0. The van der Waals surface area contributed by atoms with Gasteiger partial charge in [0.1, 0.15) is 0 Å². The Bertz CT molecular complexity index is 252. The third-order valence-corrected chi connectivity index (χ3v) is 1.24. The third kappa shape index (κ3) is 5.50.